The molecule has 0 aromatic heterocycles. The van der Waals surface area contributed by atoms with E-state index < -0.39 is 5.97 Å². The lowest BCUT2D eigenvalue weighted by Crippen LogP contribution is -2.11. The molecule has 0 atom stereocenters. The molecule has 22 heavy (non-hydrogen) atoms. The second kappa shape index (κ2) is 7.73. The molecule has 2 aromatic rings. The Hall–Kier alpha value is -1.41. The number of aldehydes is 1. The highest BCUT2D eigenvalue weighted by Crippen LogP contribution is 2.35. The number of hydrogen-bond acceptors (Lipinski definition) is 4. The first-order chi connectivity index (χ1) is 10.6. The van der Waals surface area contributed by atoms with Crippen molar-refractivity contribution in [2.75, 3.05) is 6.61 Å². The van der Waals surface area contributed by atoms with Gasteiger partial charge in [-0.25, -0.2) is 4.79 Å². The zero-order chi connectivity index (χ0) is 16.1. The number of ether oxygens (including phenoxy) is 2. The number of esters is 1. The van der Waals surface area contributed by atoms with Crippen LogP contribution in [-0.2, 0) is 0 Å². The van der Waals surface area contributed by atoms with Crippen molar-refractivity contribution < 1.29 is 19.1 Å². The van der Waals surface area contributed by atoms with Crippen molar-refractivity contribution in [3.8, 4) is 11.5 Å². The Balaban J connectivity index is 2.38. The zero-order valence-electron chi connectivity index (χ0n) is 11.6. The third kappa shape index (κ3) is 3.86. The minimum absolute atomic E-state index is 0.314. The zero-order valence-corrected chi connectivity index (χ0v) is 15.4. The fourth-order valence-corrected chi connectivity index (χ4v) is 2.97. The van der Waals surface area contributed by atoms with E-state index in [1.807, 2.05) is 35.6 Å². The fourth-order valence-electron chi connectivity index (χ4n) is 1.79. The number of halogens is 2. The first-order valence-corrected chi connectivity index (χ1v) is 8.32. The van der Waals surface area contributed by atoms with E-state index in [-0.39, 0.29) is 0 Å². The van der Waals surface area contributed by atoms with Gasteiger partial charge in [0.1, 0.15) is 6.29 Å². The Morgan fingerprint density at radius 1 is 1.32 bits per heavy atom. The van der Waals surface area contributed by atoms with Gasteiger partial charge in [-0.15, -0.1) is 0 Å². The molecule has 0 aliphatic heterocycles. The molecule has 2 rings (SSSR count). The molecule has 0 spiro atoms. The topological polar surface area (TPSA) is 52.6 Å². The quantitative estimate of drug-likeness (QED) is 0.277. The van der Waals surface area contributed by atoms with Crippen LogP contribution in [0.3, 0.4) is 0 Å². The van der Waals surface area contributed by atoms with Crippen molar-refractivity contribution in [3.63, 3.8) is 0 Å². The maximum absolute atomic E-state index is 12.3. The van der Waals surface area contributed by atoms with Gasteiger partial charge in [-0.1, -0.05) is 12.1 Å². The van der Waals surface area contributed by atoms with Crippen molar-refractivity contribution in [2.45, 2.75) is 6.92 Å². The van der Waals surface area contributed by atoms with Crippen LogP contribution in [0.1, 0.15) is 27.6 Å². The normalized spacial score (nSPS) is 10.1. The fraction of sp³-hybridized carbons (Fsp3) is 0.125. The van der Waals surface area contributed by atoms with Gasteiger partial charge in [0.15, 0.2) is 11.5 Å². The molecule has 0 heterocycles. The SMILES string of the molecule is CCOc1cc(C=O)cc(I)c1OC(=O)c1ccccc1Br. The van der Waals surface area contributed by atoms with Gasteiger partial charge >= 0.3 is 5.97 Å². The summed E-state index contributed by atoms with van der Waals surface area (Å²) in [7, 11) is 0. The molecule has 0 amide bonds. The third-order valence-electron chi connectivity index (χ3n) is 2.76. The molecule has 0 saturated carbocycles. The molecule has 114 valence electrons. The van der Waals surface area contributed by atoms with Crippen LogP contribution in [0.5, 0.6) is 11.5 Å². The summed E-state index contributed by atoms with van der Waals surface area (Å²) in [5.74, 6) is 0.191. The summed E-state index contributed by atoms with van der Waals surface area (Å²) < 4.78 is 12.2. The van der Waals surface area contributed by atoms with E-state index in [0.717, 1.165) is 6.29 Å². The third-order valence-corrected chi connectivity index (χ3v) is 4.25. The molecular weight excluding hydrogens is 463 g/mol. The summed E-state index contributed by atoms with van der Waals surface area (Å²) in [5, 5.41) is 0. The van der Waals surface area contributed by atoms with Crippen molar-refractivity contribution >= 4 is 50.8 Å². The highest BCUT2D eigenvalue weighted by molar-refractivity contribution is 14.1. The van der Waals surface area contributed by atoms with Crippen LogP contribution in [0.4, 0.5) is 0 Å². The molecule has 0 saturated heterocycles. The number of rotatable bonds is 5. The van der Waals surface area contributed by atoms with Gasteiger partial charge < -0.3 is 9.47 Å². The van der Waals surface area contributed by atoms with Gasteiger partial charge in [-0.3, -0.25) is 4.79 Å². The lowest BCUT2D eigenvalue weighted by molar-refractivity contribution is 0.0726. The smallest absolute Gasteiger partial charge is 0.344 e. The predicted octanol–water partition coefficient (Wildman–Crippen LogP) is 4.48. The monoisotopic (exact) mass is 474 g/mol. The van der Waals surface area contributed by atoms with Gasteiger partial charge in [0, 0.05) is 10.0 Å². The van der Waals surface area contributed by atoms with Gasteiger partial charge in [0.2, 0.25) is 0 Å². The Bertz CT molecular complexity index is 715. The van der Waals surface area contributed by atoms with Crippen molar-refractivity contribution in [2.24, 2.45) is 0 Å². The predicted molar refractivity (Wildman–Crippen MR) is 94.8 cm³/mol. The largest absolute Gasteiger partial charge is 0.490 e. The molecule has 0 N–H and O–H groups in total. The number of carbonyl (C=O) groups excluding carboxylic acids is 2. The van der Waals surface area contributed by atoms with E-state index in [9.17, 15) is 9.59 Å². The van der Waals surface area contributed by atoms with Gasteiger partial charge in [-0.2, -0.15) is 0 Å². The molecule has 0 radical (unpaired) electrons. The molecule has 2 aromatic carbocycles. The highest BCUT2D eigenvalue weighted by atomic mass is 127. The van der Waals surface area contributed by atoms with E-state index in [2.05, 4.69) is 15.9 Å². The lowest BCUT2D eigenvalue weighted by Gasteiger charge is -2.13. The molecule has 0 aliphatic rings. The van der Waals surface area contributed by atoms with Gasteiger partial charge in [0.25, 0.3) is 0 Å². The number of hydrogen-bond donors (Lipinski definition) is 0. The first kappa shape index (κ1) is 17.0. The maximum atomic E-state index is 12.3. The number of carbonyl (C=O) groups is 2. The van der Waals surface area contributed by atoms with E-state index in [1.165, 1.54) is 0 Å². The summed E-state index contributed by atoms with van der Waals surface area (Å²) in [6.45, 7) is 2.22. The summed E-state index contributed by atoms with van der Waals surface area (Å²) in [6, 6.07) is 10.2. The van der Waals surface area contributed by atoms with Crippen LogP contribution in [0.15, 0.2) is 40.9 Å². The minimum atomic E-state index is -0.495. The first-order valence-electron chi connectivity index (χ1n) is 6.45. The Labute approximate surface area is 150 Å². The Morgan fingerprint density at radius 3 is 2.68 bits per heavy atom. The van der Waals surface area contributed by atoms with Crippen molar-refractivity contribution in [1.82, 2.24) is 0 Å². The summed E-state index contributed by atoms with van der Waals surface area (Å²) in [6.07, 6.45) is 0.726. The van der Waals surface area contributed by atoms with Gasteiger partial charge in [-0.05, 0) is 69.7 Å². The lowest BCUT2D eigenvalue weighted by atomic mass is 10.2. The van der Waals surface area contributed by atoms with E-state index in [0.29, 0.717) is 37.3 Å². The Kier molecular flexibility index (Phi) is 5.96. The second-order valence-corrected chi connectivity index (χ2v) is 6.27. The molecule has 0 aliphatic carbocycles. The van der Waals surface area contributed by atoms with Gasteiger partial charge in [0.05, 0.1) is 15.7 Å². The molecule has 6 heteroatoms. The summed E-state index contributed by atoms with van der Waals surface area (Å²) in [5.41, 5.74) is 0.883. The number of benzene rings is 2. The average Bonchev–Trinajstić information content (AvgIpc) is 2.50. The molecule has 4 nitrogen and oxygen atoms in total. The highest BCUT2D eigenvalue weighted by Gasteiger charge is 2.18. The average molecular weight is 475 g/mol. The van der Waals surface area contributed by atoms with Crippen LogP contribution >= 0.6 is 38.5 Å². The maximum Gasteiger partial charge on any atom is 0.344 e. The molecule has 0 unspecified atom stereocenters. The Morgan fingerprint density at radius 2 is 2.05 bits per heavy atom. The van der Waals surface area contributed by atoms with Crippen LogP contribution < -0.4 is 9.47 Å². The second-order valence-electron chi connectivity index (χ2n) is 4.25. The van der Waals surface area contributed by atoms with Crippen molar-refractivity contribution in [3.05, 3.63) is 55.6 Å². The van der Waals surface area contributed by atoms with E-state index in [4.69, 9.17) is 9.47 Å². The minimum Gasteiger partial charge on any atom is -0.490 e. The molecule has 0 fully saturated rings. The van der Waals surface area contributed by atoms with E-state index >= 15 is 0 Å². The van der Waals surface area contributed by atoms with Crippen LogP contribution in [-0.4, -0.2) is 18.9 Å². The van der Waals surface area contributed by atoms with Crippen molar-refractivity contribution in [1.29, 1.82) is 0 Å². The van der Waals surface area contributed by atoms with Crippen LogP contribution in [0.2, 0.25) is 0 Å². The standard InChI is InChI=1S/C16H12BrIO4/c1-2-21-14-8-10(9-19)7-13(18)15(14)22-16(20)11-5-3-4-6-12(11)17/h3-9H,2H2,1H3. The molecular formula is C16H12BrIO4. The van der Waals surface area contributed by atoms with Crippen LogP contribution in [0.25, 0.3) is 0 Å². The van der Waals surface area contributed by atoms with E-state index in [1.54, 1.807) is 30.3 Å². The summed E-state index contributed by atoms with van der Waals surface area (Å²) >= 11 is 5.33. The molecule has 0 bridgehead atoms. The summed E-state index contributed by atoms with van der Waals surface area (Å²) in [4.78, 5) is 23.3. The van der Waals surface area contributed by atoms with Crippen LogP contribution in [0, 0.1) is 3.57 Å².